The molecule has 0 aliphatic rings. The topological polar surface area (TPSA) is 69.2 Å². The van der Waals surface area contributed by atoms with E-state index in [1.54, 1.807) is 13.2 Å². The predicted molar refractivity (Wildman–Crippen MR) is 133 cm³/mol. The smallest absolute Gasteiger partial charge is 0.277 e. The van der Waals surface area contributed by atoms with Crippen molar-refractivity contribution < 1.29 is 19.0 Å². The number of ether oxygens (including phenoxy) is 3. The van der Waals surface area contributed by atoms with Crippen LogP contribution in [-0.4, -0.2) is 25.8 Å². The van der Waals surface area contributed by atoms with Crippen molar-refractivity contribution in [2.24, 2.45) is 5.10 Å². The number of hydrogen-bond donors (Lipinski definition) is 1. The molecule has 33 heavy (non-hydrogen) atoms. The van der Waals surface area contributed by atoms with Crippen LogP contribution in [0, 0.1) is 0 Å². The zero-order valence-electron chi connectivity index (χ0n) is 18.7. The second kappa shape index (κ2) is 12.6. The fourth-order valence-corrected chi connectivity index (χ4v) is 3.62. The molecule has 3 rings (SSSR count). The standard InChI is InChI=1S/C26H27BrN2O4/c1-3-7-19-10-12-23(22(27)14-19)33-18-26(30)29-28-16-21-11-13-24(25(15-21)31-2)32-17-20-8-5-4-6-9-20/h4-6,8-16H,3,7,17-18H2,1-2H3,(H,29,30)/b28-16+. The van der Waals surface area contributed by atoms with Crippen LogP contribution in [0.25, 0.3) is 0 Å². The zero-order chi connectivity index (χ0) is 23.5. The van der Waals surface area contributed by atoms with E-state index in [0.29, 0.717) is 23.9 Å². The first-order valence-corrected chi connectivity index (χ1v) is 11.5. The van der Waals surface area contributed by atoms with E-state index in [0.717, 1.165) is 28.4 Å². The van der Waals surface area contributed by atoms with Gasteiger partial charge in [-0.3, -0.25) is 4.79 Å². The summed E-state index contributed by atoms with van der Waals surface area (Å²) in [4.78, 5) is 12.1. The molecular weight excluding hydrogens is 484 g/mol. The summed E-state index contributed by atoms with van der Waals surface area (Å²) >= 11 is 3.49. The van der Waals surface area contributed by atoms with Crippen molar-refractivity contribution in [2.45, 2.75) is 26.4 Å². The molecule has 0 saturated carbocycles. The van der Waals surface area contributed by atoms with Crippen molar-refractivity contribution in [1.82, 2.24) is 5.43 Å². The maximum atomic E-state index is 12.1. The van der Waals surface area contributed by atoms with Crippen LogP contribution in [0.5, 0.6) is 17.2 Å². The van der Waals surface area contributed by atoms with E-state index in [-0.39, 0.29) is 12.5 Å². The number of methoxy groups -OCH3 is 1. The van der Waals surface area contributed by atoms with Crippen LogP contribution in [0.1, 0.15) is 30.0 Å². The number of nitrogens with zero attached hydrogens (tertiary/aromatic N) is 1. The third kappa shape index (κ3) is 7.64. The molecule has 0 aliphatic heterocycles. The quantitative estimate of drug-likeness (QED) is 0.272. The third-order valence-electron chi connectivity index (χ3n) is 4.72. The largest absolute Gasteiger partial charge is 0.493 e. The van der Waals surface area contributed by atoms with Crippen LogP contribution in [0.4, 0.5) is 0 Å². The summed E-state index contributed by atoms with van der Waals surface area (Å²) in [5.41, 5.74) is 5.52. The number of hydrazone groups is 1. The van der Waals surface area contributed by atoms with Gasteiger partial charge in [0.2, 0.25) is 0 Å². The Morgan fingerprint density at radius 3 is 2.48 bits per heavy atom. The van der Waals surface area contributed by atoms with Gasteiger partial charge in [0.25, 0.3) is 5.91 Å². The lowest BCUT2D eigenvalue weighted by atomic mass is 10.1. The number of aryl methyl sites for hydroxylation is 1. The molecule has 0 unspecified atom stereocenters. The van der Waals surface area contributed by atoms with Gasteiger partial charge in [-0.2, -0.15) is 5.10 Å². The van der Waals surface area contributed by atoms with Gasteiger partial charge in [0, 0.05) is 0 Å². The van der Waals surface area contributed by atoms with Gasteiger partial charge in [0.05, 0.1) is 17.8 Å². The lowest BCUT2D eigenvalue weighted by molar-refractivity contribution is -0.123. The Morgan fingerprint density at radius 2 is 1.76 bits per heavy atom. The van der Waals surface area contributed by atoms with Crippen molar-refractivity contribution in [2.75, 3.05) is 13.7 Å². The van der Waals surface area contributed by atoms with Crippen molar-refractivity contribution in [3.05, 3.63) is 87.9 Å². The molecule has 1 amide bonds. The molecule has 0 fully saturated rings. The molecule has 172 valence electrons. The van der Waals surface area contributed by atoms with Crippen molar-refractivity contribution in [3.8, 4) is 17.2 Å². The molecule has 6 nitrogen and oxygen atoms in total. The van der Waals surface area contributed by atoms with E-state index in [4.69, 9.17) is 14.2 Å². The molecule has 0 bridgehead atoms. The maximum Gasteiger partial charge on any atom is 0.277 e. The first-order valence-electron chi connectivity index (χ1n) is 10.7. The summed E-state index contributed by atoms with van der Waals surface area (Å²) in [5, 5.41) is 4.00. The fourth-order valence-electron chi connectivity index (χ4n) is 3.08. The summed E-state index contributed by atoms with van der Waals surface area (Å²) < 4.78 is 17.7. The Labute approximate surface area is 202 Å². The second-order valence-corrected chi connectivity index (χ2v) is 8.14. The first kappa shape index (κ1) is 24.3. The molecule has 3 aromatic rings. The molecule has 0 heterocycles. The molecule has 1 N–H and O–H groups in total. The molecule has 0 aliphatic carbocycles. The van der Waals surface area contributed by atoms with E-state index in [9.17, 15) is 4.79 Å². The van der Waals surface area contributed by atoms with Crippen molar-refractivity contribution >= 4 is 28.1 Å². The Morgan fingerprint density at radius 1 is 0.970 bits per heavy atom. The van der Waals surface area contributed by atoms with Crippen LogP contribution >= 0.6 is 15.9 Å². The van der Waals surface area contributed by atoms with Gasteiger partial charge in [-0.25, -0.2) is 5.43 Å². The molecule has 0 aromatic heterocycles. The van der Waals surface area contributed by atoms with E-state index in [1.165, 1.54) is 11.8 Å². The number of carbonyl (C=O) groups excluding carboxylic acids is 1. The normalized spacial score (nSPS) is 10.8. The summed E-state index contributed by atoms with van der Waals surface area (Å²) in [6.07, 6.45) is 3.61. The number of carbonyl (C=O) groups is 1. The van der Waals surface area contributed by atoms with E-state index in [1.807, 2.05) is 60.7 Å². The molecule has 0 atom stereocenters. The monoisotopic (exact) mass is 510 g/mol. The van der Waals surface area contributed by atoms with Crippen molar-refractivity contribution in [1.29, 1.82) is 0 Å². The highest BCUT2D eigenvalue weighted by atomic mass is 79.9. The maximum absolute atomic E-state index is 12.1. The van der Waals surface area contributed by atoms with Gasteiger partial charge >= 0.3 is 0 Å². The van der Waals surface area contributed by atoms with Gasteiger partial charge in [-0.05, 0) is 69.4 Å². The number of rotatable bonds is 11. The molecule has 0 saturated heterocycles. The van der Waals surface area contributed by atoms with E-state index < -0.39 is 0 Å². The Balaban J connectivity index is 1.50. The summed E-state index contributed by atoms with van der Waals surface area (Å²) in [7, 11) is 1.58. The predicted octanol–water partition coefficient (Wildman–Crippen LogP) is 5.52. The molecule has 3 aromatic carbocycles. The van der Waals surface area contributed by atoms with E-state index in [2.05, 4.69) is 33.4 Å². The minimum Gasteiger partial charge on any atom is -0.493 e. The lowest BCUT2D eigenvalue weighted by Gasteiger charge is -2.11. The van der Waals surface area contributed by atoms with Crippen LogP contribution in [-0.2, 0) is 17.8 Å². The highest BCUT2D eigenvalue weighted by Crippen LogP contribution is 2.28. The zero-order valence-corrected chi connectivity index (χ0v) is 20.3. The van der Waals surface area contributed by atoms with Gasteiger partial charge in [0.1, 0.15) is 12.4 Å². The number of halogens is 1. The summed E-state index contributed by atoms with van der Waals surface area (Å²) in [6, 6.07) is 21.2. The highest BCUT2D eigenvalue weighted by Gasteiger charge is 2.07. The van der Waals surface area contributed by atoms with Crippen LogP contribution in [0.3, 0.4) is 0 Å². The van der Waals surface area contributed by atoms with Crippen LogP contribution in [0.2, 0.25) is 0 Å². The van der Waals surface area contributed by atoms with Crippen molar-refractivity contribution in [3.63, 3.8) is 0 Å². The minimum absolute atomic E-state index is 0.140. The average Bonchev–Trinajstić information content (AvgIpc) is 2.83. The lowest BCUT2D eigenvalue weighted by Crippen LogP contribution is -2.24. The van der Waals surface area contributed by atoms with Gasteiger partial charge < -0.3 is 14.2 Å². The fraction of sp³-hybridized carbons (Fsp3) is 0.231. The number of benzene rings is 3. The minimum atomic E-state index is -0.356. The van der Waals surface area contributed by atoms with Gasteiger partial charge in [0.15, 0.2) is 18.1 Å². The molecule has 0 radical (unpaired) electrons. The van der Waals surface area contributed by atoms with Gasteiger partial charge in [-0.1, -0.05) is 49.7 Å². The average molecular weight is 511 g/mol. The number of amides is 1. The molecular formula is C26H27BrN2O4. The third-order valence-corrected chi connectivity index (χ3v) is 5.34. The second-order valence-electron chi connectivity index (χ2n) is 7.28. The Bertz CT molecular complexity index is 1090. The molecule has 0 spiro atoms. The number of nitrogens with one attached hydrogen (secondary N) is 1. The number of hydrogen-bond acceptors (Lipinski definition) is 5. The summed E-state index contributed by atoms with van der Waals surface area (Å²) in [5.74, 6) is 1.47. The molecule has 7 heteroatoms. The Kier molecular flexibility index (Phi) is 9.32. The Hall–Kier alpha value is -3.32. The highest BCUT2D eigenvalue weighted by molar-refractivity contribution is 9.10. The van der Waals surface area contributed by atoms with Crippen LogP contribution in [0.15, 0.2) is 76.3 Å². The van der Waals surface area contributed by atoms with Crippen LogP contribution < -0.4 is 19.6 Å². The summed E-state index contributed by atoms with van der Waals surface area (Å²) in [6.45, 7) is 2.43. The SMILES string of the molecule is CCCc1ccc(OCC(=O)N/N=C/c2ccc(OCc3ccccc3)c(OC)c2)c(Br)c1. The first-order chi connectivity index (χ1) is 16.1. The van der Waals surface area contributed by atoms with E-state index >= 15 is 0 Å². The van der Waals surface area contributed by atoms with Gasteiger partial charge in [-0.15, -0.1) is 0 Å².